The van der Waals surface area contributed by atoms with Crippen molar-refractivity contribution >= 4 is 5.82 Å². The fourth-order valence-electron chi connectivity index (χ4n) is 5.19. The Balaban J connectivity index is 1.14. The highest BCUT2D eigenvalue weighted by molar-refractivity contribution is 5.54. The van der Waals surface area contributed by atoms with Crippen molar-refractivity contribution < 1.29 is 27.0 Å². The fraction of sp³-hybridized carbons (Fsp3) is 0.348. The molecule has 0 atom stereocenters. The van der Waals surface area contributed by atoms with Gasteiger partial charge in [-0.3, -0.25) is 4.57 Å². The molecule has 0 radical (unpaired) electrons. The molecule has 2 aromatic heterocycles. The second kappa shape index (κ2) is 7.18. The van der Waals surface area contributed by atoms with Crippen molar-refractivity contribution in [3.63, 3.8) is 0 Å². The maximum atomic E-state index is 14.5. The molecule has 4 aliphatic rings. The van der Waals surface area contributed by atoms with E-state index in [9.17, 15) is 22.4 Å². The summed E-state index contributed by atoms with van der Waals surface area (Å²) in [5.74, 6) is 0.753. The van der Waals surface area contributed by atoms with E-state index in [1.165, 1.54) is 12.1 Å². The summed E-state index contributed by atoms with van der Waals surface area (Å²) in [5.41, 5.74) is -0.902. The average molecular weight is 474 g/mol. The number of nitrogens with zero attached hydrogens (tertiary/aromatic N) is 4. The van der Waals surface area contributed by atoms with Crippen LogP contribution in [0.4, 0.5) is 23.4 Å². The highest BCUT2D eigenvalue weighted by Crippen LogP contribution is 2.56. The Morgan fingerprint density at radius 1 is 1.15 bits per heavy atom. The summed E-state index contributed by atoms with van der Waals surface area (Å²) in [6, 6.07) is 7.67. The fourth-order valence-corrected chi connectivity index (χ4v) is 5.19. The Labute approximate surface area is 190 Å². The lowest BCUT2D eigenvalue weighted by Crippen LogP contribution is -2.44. The molecule has 1 aromatic carbocycles. The highest BCUT2D eigenvalue weighted by atomic mass is 19.4. The summed E-state index contributed by atoms with van der Waals surface area (Å²) in [7, 11) is 0. The van der Waals surface area contributed by atoms with Crippen LogP contribution in [0.3, 0.4) is 0 Å². The third-order valence-electron chi connectivity index (χ3n) is 6.68. The number of hydrogen-bond donors (Lipinski definition) is 0. The summed E-state index contributed by atoms with van der Waals surface area (Å²) < 4.78 is 65.0. The summed E-state index contributed by atoms with van der Waals surface area (Å²) in [6.45, 7) is 1.57. The molecule has 2 bridgehead atoms. The third-order valence-corrected chi connectivity index (χ3v) is 6.68. The van der Waals surface area contributed by atoms with Crippen LogP contribution >= 0.6 is 0 Å². The van der Waals surface area contributed by atoms with Gasteiger partial charge in [-0.1, -0.05) is 6.07 Å². The number of pyridine rings is 1. The second-order valence-electron chi connectivity index (χ2n) is 8.96. The minimum Gasteiger partial charge on any atom is -0.473 e. The molecule has 5 heterocycles. The minimum absolute atomic E-state index is 0.0251. The lowest BCUT2D eigenvalue weighted by atomic mass is 9.74. The topological polar surface area (TPSA) is 69.5 Å². The molecule has 1 spiro atoms. The smallest absolute Gasteiger partial charge is 0.433 e. The standard InChI is InChI=1S/C23H18F4N4O3/c24-16-5-13(1-3-17(16)34-15-2-4-18(28-9-15)23(25,26)27)11-33-19-6-20-30(21(32)29-19)12-22-7-14(8-22)10-31(20)22/h1-6,9,14H,7-8,10-12H2. The molecule has 7 rings (SSSR count). The van der Waals surface area contributed by atoms with Crippen LogP contribution in [0.1, 0.15) is 24.1 Å². The van der Waals surface area contributed by atoms with E-state index in [-0.39, 0.29) is 35.2 Å². The number of hydrogen-bond acceptors (Lipinski definition) is 6. The van der Waals surface area contributed by atoms with Crippen molar-refractivity contribution in [3.8, 4) is 17.4 Å². The number of alkyl halides is 3. The number of halogens is 4. The van der Waals surface area contributed by atoms with Crippen molar-refractivity contribution in [1.82, 2.24) is 14.5 Å². The van der Waals surface area contributed by atoms with Gasteiger partial charge in [0.1, 0.15) is 23.9 Å². The van der Waals surface area contributed by atoms with Crippen molar-refractivity contribution in [3.05, 3.63) is 70.2 Å². The summed E-state index contributed by atoms with van der Waals surface area (Å²) in [4.78, 5) is 22.1. The first-order valence-electron chi connectivity index (χ1n) is 10.7. The molecule has 1 saturated carbocycles. The zero-order chi connectivity index (χ0) is 23.7. The molecular weight excluding hydrogens is 456 g/mol. The third kappa shape index (κ3) is 3.37. The van der Waals surface area contributed by atoms with Gasteiger partial charge in [-0.05, 0) is 48.6 Å². The van der Waals surface area contributed by atoms with Gasteiger partial charge in [0, 0.05) is 12.6 Å². The Morgan fingerprint density at radius 3 is 2.68 bits per heavy atom. The lowest BCUT2D eigenvalue weighted by Gasteiger charge is -2.37. The van der Waals surface area contributed by atoms with E-state index >= 15 is 0 Å². The molecule has 2 saturated heterocycles. The Hall–Kier alpha value is -3.63. The number of anilines is 1. The molecule has 0 amide bonds. The maximum Gasteiger partial charge on any atom is 0.433 e. The van der Waals surface area contributed by atoms with Crippen molar-refractivity contribution in [1.29, 1.82) is 0 Å². The molecule has 1 aliphatic carbocycles. The molecule has 3 aromatic rings. The van der Waals surface area contributed by atoms with E-state index in [0.717, 1.165) is 43.5 Å². The number of benzene rings is 1. The van der Waals surface area contributed by atoms with Crippen LogP contribution in [0.2, 0.25) is 0 Å². The van der Waals surface area contributed by atoms with Crippen LogP contribution in [0, 0.1) is 11.7 Å². The van der Waals surface area contributed by atoms with Crippen LogP contribution in [0.15, 0.2) is 47.4 Å². The zero-order valence-electron chi connectivity index (χ0n) is 17.7. The Bertz CT molecular complexity index is 1330. The first-order chi connectivity index (χ1) is 16.2. The normalized spacial score (nSPS) is 22.2. The minimum atomic E-state index is -4.57. The molecular formula is C23H18F4N4O3. The van der Waals surface area contributed by atoms with Gasteiger partial charge in [0.05, 0.1) is 18.3 Å². The van der Waals surface area contributed by atoms with Crippen LogP contribution in [0.5, 0.6) is 17.4 Å². The largest absolute Gasteiger partial charge is 0.473 e. The highest BCUT2D eigenvalue weighted by Gasteiger charge is 2.60. The van der Waals surface area contributed by atoms with Crippen LogP contribution in [0.25, 0.3) is 0 Å². The SMILES string of the molecule is O=c1nc(OCc2ccc(Oc3ccc(C(F)(F)F)nc3)c(F)c2)cc2n1CC13CC(CN21)C3. The molecule has 176 valence electrons. The number of rotatable bonds is 5. The monoisotopic (exact) mass is 474 g/mol. The lowest BCUT2D eigenvalue weighted by molar-refractivity contribution is -0.141. The molecule has 0 unspecified atom stereocenters. The average Bonchev–Trinajstić information content (AvgIpc) is 3.40. The summed E-state index contributed by atoms with van der Waals surface area (Å²) >= 11 is 0. The van der Waals surface area contributed by atoms with E-state index in [1.54, 1.807) is 16.7 Å². The van der Waals surface area contributed by atoms with E-state index in [2.05, 4.69) is 14.9 Å². The van der Waals surface area contributed by atoms with Gasteiger partial charge in [-0.15, -0.1) is 0 Å². The number of ether oxygens (including phenoxy) is 2. The van der Waals surface area contributed by atoms with Gasteiger partial charge in [-0.25, -0.2) is 14.2 Å². The summed E-state index contributed by atoms with van der Waals surface area (Å²) in [5, 5.41) is 0. The van der Waals surface area contributed by atoms with Crippen molar-refractivity contribution in [2.24, 2.45) is 5.92 Å². The van der Waals surface area contributed by atoms with Crippen LogP contribution < -0.4 is 20.1 Å². The van der Waals surface area contributed by atoms with Gasteiger partial charge >= 0.3 is 11.9 Å². The van der Waals surface area contributed by atoms with Gasteiger partial charge < -0.3 is 14.4 Å². The molecule has 11 heteroatoms. The Morgan fingerprint density at radius 2 is 1.97 bits per heavy atom. The van der Waals surface area contributed by atoms with Gasteiger partial charge in [0.15, 0.2) is 11.6 Å². The number of fused-ring (bicyclic) bond motifs is 1. The van der Waals surface area contributed by atoms with Gasteiger partial charge in [0.25, 0.3) is 0 Å². The molecule has 7 nitrogen and oxygen atoms in total. The van der Waals surface area contributed by atoms with E-state index in [1.807, 2.05) is 0 Å². The van der Waals surface area contributed by atoms with E-state index < -0.39 is 17.7 Å². The predicted octanol–water partition coefficient (Wildman–Crippen LogP) is 4.15. The van der Waals surface area contributed by atoms with Gasteiger partial charge in [0.2, 0.25) is 5.88 Å². The Kier molecular flexibility index (Phi) is 4.42. The van der Waals surface area contributed by atoms with Crippen LogP contribution in [-0.4, -0.2) is 26.6 Å². The van der Waals surface area contributed by atoms with Gasteiger partial charge in [-0.2, -0.15) is 18.2 Å². The molecule has 3 aliphatic heterocycles. The van der Waals surface area contributed by atoms with Crippen LogP contribution in [-0.2, 0) is 19.3 Å². The van der Waals surface area contributed by atoms with E-state index in [0.29, 0.717) is 18.0 Å². The van der Waals surface area contributed by atoms with Crippen molar-refractivity contribution in [2.45, 2.75) is 37.7 Å². The first kappa shape index (κ1) is 20.9. The summed E-state index contributed by atoms with van der Waals surface area (Å²) in [6.07, 6.45) is -1.49. The number of aromatic nitrogens is 3. The first-order valence-corrected chi connectivity index (χ1v) is 10.7. The molecule has 0 N–H and O–H groups in total. The molecule has 34 heavy (non-hydrogen) atoms. The second-order valence-corrected chi connectivity index (χ2v) is 8.96. The maximum absolute atomic E-state index is 14.5. The quantitative estimate of drug-likeness (QED) is 0.518. The predicted molar refractivity (Wildman–Crippen MR) is 111 cm³/mol. The molecule has 3 fully saturated rings. The zero-order valence-corrected chi connectivity index (χ0v) is 17.7. The van der Waals surface area contributed by atoms with Crippen molar-refractivity contribution in [2.75, 3.05) is 11.4 Å². The van der Waals surface area contributed by atoms with E-state index in [4.69, 9.17) is 9.47 Å².